The van der Waals surface area contributed by atoms with Crippen molar-refractivity contribution >= 4 is 22.8 Å². The Balaban J connectivity index is 1.78. The third-order valence-electron chi connectivity index (χ3n) is 3.71. The van der Waals surface area contributed by atoms with Crippen molar-refractivity contribution in [3.8, 4) is 0 Å². The lowest BCUT2D eigenvalue weighted by molar-refractivity contribution is 0.279. The first-order valence-electron chi connectivity index (χ1n) is 7.10. The summed E-state index contributed by atoms with van der Waals surface area (Å²) in [6, 6.07) is 8.03. The lowest BCUT2D eigenvalue weighted by atomic mass is 10.2. The van der Waals surface area contributed by atoms with Gasteiger partial charge in [-0.15, -0.1) is 0 Å². The summed E-state index contributed by atoms with van der Waals surface area (Å²) >= 11 is 0. The number of para-hydroxylation sites is 2. The molecule has 0 spiro atoms. The van der Waals surface area contributed by atoms with Crippen LogP contribution in [0.1, 0.15) is 18.5 Å². The number of aliphatic imine (C=N–C) groups is 1. The minimum Gasteiger partial charge on any atom is -0.404 e. The van der Waals surface area contributed by atoms with Gasteiger partial charge in [-0.1, -0.05) is 12.1 Å². The maximum absolute atomic E-state index is 8.90. The Bertz CT molecular complexity index is 695. The molecule has 5 nitrogen and oxygen atoms in total. The molecule has 1 aromatic carbocycles. The van der Waals surface area contributed by atoms with Gasteiger partial charge in [-0.25, -0.2) is 4.98 Å². The molecule has 2 aromatic rings. The van der Waals surface area contributed by atoms with Crippen LogP contribution in [-0.2, 0) is 0 Å². The molecule has 1 aromatic heterocycles. The number of allylic oxidation sites excluding steroid dienone is 1. The molecule has 1 aliphatic carbocycles. The zero-order valence-electron chi connectivity index (χ0n) is 11.7. The van der Waals surface area contributed by atoms with Crippen LogP contribution in [0.25, 0.3) is 16.6 Å². The molecule has 1 fully saturated rings. The fraction of sp³-hybridized carbons (Fsp3) is 0.312. The van der Waals surface area contributed by atoms with E-state index in [4.69, 9.17) is 10.8 Å². The van der Waals surface area contributed by atoms with Gasteiger partial charge in [-0.2, -0.15) is 0 Å². The molecule has 0 saturated heterocycles. The molecule has 5 heteroatoms. The predicted molar refractivity (Wildman–Crippen MR) is 83.8 cm³/mol. The number of nitrogens with zero attached hydrogens (tertiary/aromatic N) is 3. The van der Waals surface area contributed by atoms with Crippen LogP contribution in [0.3, 0.4) is 0 Å². The number of aliphatic hydroxyl groups is 1. The standard InChI is InChI=1S/C16H18N4O/c17-8-12(9-18-15-7-11(15)5-6-21)16-10-19-13-3-1-2-4-14(13)20-16/h1-4,8-11,15,21H,5-7,17H2. The Labute approximate surface area is 123 Å². The van der Waals surface area contributed by atoms with E-state index in [-0.39, 0.29) is 6.61 Å². The molecular formula is C16H18N4O. The Morgan fingerprint density at radius 2 is 2.19 bits per heavy atom. The molecule has 0 bridgehead atoms. The van der Waals surface area contributed by atoms with E-state index in [0.717, 1.165) is 35.1 Å². The van der Waals surface area contributed by atoms with Gasteiger partial charge in [0.15, 0.2) is 0 Å². The summed E-state index contributed by atoms with van der Waals surface area (Å²) in [5, 5.41) is 8.90. The maximum Gasteiger partial charge on any atom is 0.0922 e. The number of rotatable bonds is 5. The second-order valence-electron chi connectivity index (χ2n) is 5.22. The molecule has 2 atom stereocenters. The van der Waals surface area contributed by atoms with E-state index < -0.39 is 0 Å². The van der Waals surface area contributed by atoms with Gasteiger partial charge in [0.1, 0.15) is 0 Å². The van der Waals surface area contributed by atoms with Crippen molar-refractivity contribution in [3.63, 3.8) is 0 Å². The fourth-order valence-corrected chi connectivity index (χ4v) is 2.36. The summed E-state index contributed by atoms with van der Waals surface area (Å²) in [6.45, 7) is 0.229. The minimum atomic E-state index is 0.229. The second kappa shape index (κ2) is 6.01. The molecule has 0 aliphatic heterocycles. The third-order valence-corrected chi connectivity index (χ3v) is 3.71. The minimum absolute atomic E-state index is 0.229. The summed E-state index contributed by atoms with van der Waals surface area (Å²) < 4.78 is 0. The van der Waals surface area contributed by atoms with Crippen LogP contribution in [0, 0.1) is 5.92 Å². The molecule has 1 aliphatic rings. The van der Waals surface area contributed by atoms with Gasteiger partial charge < -0.3 is 10.8 Å². The van der Waals surface area contributed by atoms with Crippen LogP contribution in [-0.4, -0.2) is 33.9 Å². The number of nitrogens with two attached hydrogens (primary N) is 1. The Kier molecular flexibility index (Phi) is 3.92. The Morgan fingerprint density at radius 1 is 1.38 bits per heavy atom. The van der Waals surface area contributed by atoms with E-state index in [1.807, 2.05) is 24.3 Å². The monoisotopic (exact) mass is 282 g/mol. The lowest BCUT2D eigenvalue weighted by Crippen LogP contribution is -1.98. The highest BCUT2D eigenvalue weighted by molar-refractivity contribution is 6.09. The van der Waals surface area contributed by atoms with Gasteiger partial charge in [0.05, 0.1) is 29.0 Å². The highest BCUT2D eigenvalue weighted by Crippen LogP contribution is 2.36. The number of fused-ring (bicyclic) bond motifs is 1. The molecule has 21 heavy (non-hydrogen) atoms. The van der Waals surface area contributed by atoms with E-state index in [9.17, 15) is 0 Å². The van der Waals surface area contributed by atoms with Crippen molar-refractivity contribution in [2.45, 2.75) is 18.9 Å². The van der Waals surface area contributed by atoms with E-state index in [1.165, 1.54) is 6.20 Å². The van der Waals surface area contributed by atoms with Crippen molar-refractivity contribution < 1.29 is 5.11 Å². The van der Waals surface area contributed by atoms with Crippen LogP contribution in [0.15, 0.2) is 41.7 Å². The van der Waals surface area contributed by atoms with E-state index >= 15 is 0 Å². The van der Waals surface area contributed by atoms with Crippen LogP contribution in [0.5, 0.6) is 0 Å². The number of hydrogen-bond acceptors (Lipinski definition) is 5. The van der Waals surface area contributed by atoms with Crippen LogP contribution in [0.4, 0.5) is 0 Å². The number of aliphatic hydroxyl groups excluding tert-OH is 1. The van der Waals surface area contributed by atoms with E-state index in [1.54, 1.807) is 12.4 Å². The normalized spacial score (nSPS) is 22.0. The smallest absolute Gasteiger partial charge is 0.0922 e. The van der Waals surface area contributed by atoms with Crippen molar-refractivity contribution in [3.05, 3.63) is 42.4 Å². The SMILES string of the molecule is NC=C(C=NC1CC1CCO)c1cnc2ccccc2n1. The van der Waals surface area contributed by atoms with Crippen LogP contribution >= 0.6 is 0 Å². The van der Waals surface area contributed by atoms with Gasteiger partial charge >= 0.3 is 0 Å². The summed E-state index contributed by atoms with van der Waals surface area (Å²) in [4.78, 5) is 13.5. The first-order valence-corrected chi connectivity index (χ1v) is 7.10. The molecule has 1 heterocycles. The van der Waals surface area contributed by atoms with E-state index in [0.29, 0.717) is 12.0 Å². The lowest BCUT2D eigenvalue weighted by Gasteiger charge is -2.02. The van der Waals surface area contributed by atoms with Crippen molar-refractivity contribution in [1.82, 2.24) is 9.97 Å². The summed E-state index contributed by atoms with van der Waals surface area (Å²) in [6.07, 6.45) is 6.84. The largest absolute Gasteiger partial charge is 0.404 e. The van der Waals surface area contributed by atoms with Gasteiger partial charge in [-0.05, 0) is 30.9 Å². The molecule has 3 rings (SSSR count). The molecule has 1 saturated carbocycles. The van der Waals surface area contributed by atoms with Crippen molar-refractivity contribution in [1.29, 1.82) is 0 Å². The highest BCUT2D eigenvalue weighted by atomic mass is 16.3. The quantitative estimate of drug-likeness (QED) is 0.819. The average molecular weight is 282 g/mol. The van der Waals surface area contributed by atoms with Gasteiger partial charge in [0.25, 0.3) is 0 Å². The molecular weight excluding hydrogens is 264 g/mol. The van der Waals surface area contributed by atoms with Gasteiger partial charge in [0.2, 0.25) is 0 Å². The maximum atomic E-state index is 8.90. The summed E-state index contributed by atoms with van der Waals surface area (Å²) in [7, 11) is 0. The fourth-order valence-electron chi connectivity index (χ4n) is 2.36. The van der Waals surface area contributed by atoms with E-state index in [2.05, 4.69) is 15.0 Å². The van der Waals surface area contributed by atoms with Gasteiger partial charge in [-0.3, -0.25) is 9.98 Å². The summed E-state index contributed by atoms with van der Waals surface area (Å²) in [5.74, 6) is 0.507. The van der Waals surface area contributed by atoms with Gasteiger partial charge in [0, 0.05) is 24.6 Å². The topological polar surface area (TPSA) is 84.4 Å². The zero-order valence-corrected chi connectivity index (χ0v) is 11.7. The first kappa shape index (κ1) is 13.7. The Hall–Kier alpha value is -2.27. The average Bonchev–Trinajstić information content (AvgIpc) is 3.26. The number of hydrogen-bond donors (Lipinski definition) is 2. The summed E-state index contributed by atoms with van der Waals surface area (Å²) in [5.41, 5.74) is 8.88. The third kappa shape index (κ3) is 3.08. The zero-order chi connectivity index (χ0) is 14.7. The van der Waals surface area contributed by atoms with Crippen molar-refractivity contribution in [2.75, 3.05) is 6.61 Å². The Morgan fingerprint density at radius 3 is 2.95 bits per heavy atom. The van der Waals surface area contributed by atoms with Crippen LogP contribution in [0.2, 0.25) is 0 Å². The number of aromatic nitrogens is 2. The number of benzene rings is 1. The molecule has 0 radical (unpaired) electrons. The van der Waals surface area contributed by atoms with Crippen molar-refractivity contribution in [2.24, 2.45) is 16.6 Å². The first-order chi connectivity index (χ1) is 10.3. The van der Waals surface area contributed by atoms with Crippen LogP contribution < -0.4 is 5.73 Å². The molecule has 0 amide bonds. The predicted octanol–water partition coefficient (Wildman–Crippen LogP) is 1.77. The molecule has 2 unspecified atom stereocenters. The molecule has 3 N–H and O–H groups in total. The highest BCUT2D eigenvalue weighted by Gasteiger charge is 2.35. The second-order valence-corrected chi connectivity index (χ2v) is 5.22. The molecule has 108 valence electrons.